The van der Waals surface area contributed by atoms with Crippen LogP contribution in [0.1, 0.15) is 65.0 Å². The van der Waals surface area contributed by atoms with E-state index in [0.717, 1.165) is 23.9 Å². The number of benzene rings is 1. The van der Waals surface area contributed by atoms with Crippen molar-refractivity contribution in [3.8, 4) is 0 Å². The van der Waals surface area contributed by atoms with E-state index in [9.17, 15) is 4.79 Å². The number of para-hydroxylation sites is 1. The summed E-state index contributed by atoms with van der Waals surface area (Å²) in [6.45, 7) is 8.78. The third-order valence-electron chi connectivity index (χ3n) is 5.71. The lowest BCUT2D eigenvalue weighted by Gasteiger charge is -2.45. The Balaban J connectivity index is 1.77. The van der Waals surface area contributed by atoms with Gasteiger partial charge in [-0.25, -0.2) is 0 Å². The molecule has 0 saturated heterocycles. The highest BCUT2D eigenvalue weighted by molar-refractivity contribution is 5.95. The smallest absolute Gasteiger partial charge is 0.226 e. The zero-order valence-corrected chi connectivity index (χ0v) is 14.9. The number of carbonyl (C=O) groups is 1. The SMILES string of the molecule is CCC(=O)N1c2ccccc2C(NC2CC(C(C)C)C2)CC1C. The lowest BCUT2D eigenvalue weighted by atomic mass is 9.73. The van der Waals surface area contributed by atoms with Gasteiger partial charge in [0.15, 0.2) is 0 Å². The minimum absolute atomic E-state index is 0.229. The minimum atomic E-state index is 0.229. The molecule has 3 heteroatoms. The molecule has 1 fully saturated rings. The number of carbonyl (C=O) groups excluding carboxylic acids is 1. The average Bonchev–Trinajstić information content (AvgIpc) is 2.49. The fourth-order valence-electron chi connectivity index (χ4n) is 4.15. The Kier molecular flexibility index (Phi) is 4.77. The first kappa shape index (κ1) is 16.5. The molecule has 1 aromatic carbocycles. The van der Waals surface area contributed by atoms with Gasteiger partial charge < -0.3 is 10.2 Å². The van der Waals surface area contributed by atoms with Gasteiger partial charge in [0.2, 0.25) is 5.91 Å². The van der Waals surface area contributed by atoms with Gasteiger partial charge in [-0.15, -0.1) is 0 Å². The van der Waals surface area contributed by atoms with Crippen molar-refractivity contribution < 1.29 is 4.79 Å². The monoisotopic (exact) mass is 314 g/mol. The molecule has 1 aromatic rings. The predicted octanol–water partition coefficient (Wildman–Crippen LogP) is 4.29. The number of nitrogens with one attached hydrogen (secondary N) is 1. The zero-order valence-electron chi connectivity index (χ0n) is 14.9. The summed E-state index contributed by atoms with van der Waals surface area (Å²) in [6.07, 6.45) is 4.16. The van der Waals surface area contributed by atoms with Crippen LogP contribution in [0.3, 0.4) is 0 Å². The topological polar surface area (TPSA) is 32.3 Å². The molecule has 3 nitrogen and oxygen atoms in total. The van der Waals surface area contributed by atoms with Crippen LogP contribution in [0.5, 0.6) is 0 Å². The molecule has 1 aliphatic heterocycles. The quantitative estimate of drug-likeness (QED) is 0.899. The number of amides is 1. The van der Waals surface area contributed by atoms with Crippen molar-refractivity contribution in [2.45, 2.75) is 71.5 Å². The highest BCUT2D eigenvalue weighted by Gasteiger charge is 2.37. The molecular formula is C20H30N2O. The van der Waals surface area contributed by atoms with E-state index in [2.05, 4.69) is 44.3 Å². The summed E-state index contributed by atoms with van der Waals surface area (Å²) < 4.78 is 0. The first-order valence-electron chi connectivity index (χ1n) is 9.18. The Morgan fingerprint density at radius 3 is 2.61 bits per heavy atom. The van der Waals surface area contributed by atoms with Crippen LogP contribution < -0.4 is 10.2 Å². The van der Waals surface area contributed by atoms with E-state index >= 15 is 0 Å². The first-order chi connectivity index (χ1) is 11.0. The van der Waals surface area contributed by atoms with Crippen LogP contribution in [0, 0.1) is 11.8 Å². The van der Waals surface area contributed by atoms with E-state index in [-0.39, 0.29) is 11.9 Å². The standard InChI is InChI=1S/C20H30N2O/c1-5-20(23)22-14(4)10-18(17-8-6-7-9-19(17)22)21-16-11-15(12-16)13(2)3/h6-9,13-16,18,21H,5,10-12H2,1-4H3. The van der Waals surface area contributed by atoms with Crippen molar-refractivity contribution in [2.75, 3.05) is 4.90 Å². The fourth-order valence-corrected chi connectivity index (χ4v) is 4.15. The average molecular weight is 314 g/mol. The predicted molar refractivity (Wildman–Crippen MR) is 95.5 cm³/mol. The molecule has 1 amide bonds. The van der Waals surface area contributed by atoms with Crippen molar-refractivity contribution >= 4 is 11.6 Å². The number of fused-ring (bicyclic) bond motifs is 1. The summed E-state index contributed by atoms with van der Waals surface area (Å²) in [6, 6.07) is 9.70. The van der Waals surface area contributed by atoms with Crippen molar-refractivity contribution in [3.63, 3.8) is 0 Å². The normalized spacial score (nSPS) is 30.0. The number of hydrogen-bond donors (Lipinski definition) is 1. The summed E-state index contributed by atoms with van der Waals surface area (Å²) in [7, 11) is 0. The highest BCUT2D eigenvalue weighted by Crippen LogP contribution is 2.40. The van der Waals surface area contributed by atoms with Crippen LogP contribution >= 0.6 is 0 Å². The van der Waals surface area contributed by atoms with Crippen molar-refractivity contribution in [2.24, 2.45) is 11.8 Å². The molecule has 0 bridgehead atoms. The summed E-state index contributed by atoms with van der Waals surface area (Å²) >= 11 is 0. The van der Waals surface area contributed by atoms with Crippen LogP contribution in [0.25, 0.3) is 0 Å². The molecule has 2 aliphatic rings. The molecule has 1 aliphatic carbocycles. The van der Waals surface area contributed by atoms with Gasteiger partial charge in [0.25, 0.3) is 0 Å². The van der Waals surface area contributed by atoms with Gasteiger partial charge in [-0.2, -0.15) is 0 Å². The summed E-state index contributed by atoms with van der Waals surface area (Å²) in [5, 5.41) is 3.87. The van der Waals surface area contributed by atoms with E-state index in [1.54, 1.807) is 0 Å². The Morgan fingerprint density at radius 1 is 1.26 bits per heavy atom. The molecule has 1 N–H and O–H groups in total. The van der Waals surface area contributed by atoms with Crippen LogP contribution in [0.4, 0.5) is 5.69 Å². The molecule has 0 radical (unpaired) electrons. The Morgan fingerprint density at radius 2 is 1.96 bits per heavy atom. The van der Waals surface area contributed by atoms with Gasteiger partial charge >= 0.3 is 0 Å². The molecular weight excluding hydrogens is 284 g/mol. The maximum atomic E-state index is 12.4. The third-order valence-corrected chi connectivity index (χ3v) is 5.71. The zero-order chi connectivity index (χ0) is 16.6. The lowest BCUT2D eigenvalue weighted by Crippen LogP contribution is -2.50. The molecule has 0 spiro atoms. The van der Waals surface area contributed by atoms with E-state index in [1.165, 1.54) is 18.4 Å². The van der Waals surface area contributed by atoms with Gasteiger partial charge in [-0.1, -0.05) is 39.0 Å². The van der Waals surface area contributed by atoms with Crippen LogP contribution in [0.15, 0.2) is 24.3 Å². The molecule has 1 heterocycles. The second kappa shape index (κ2) is 6.64. The molecule has 3 rings (SSSR count). The van der Waals surface area contributed by atoms with Gasteiger partial charge in [-0.3, -0.25) is 4.79 Å². The maximum absolute atomic E-state index is 12.4. The molecule has 126 valence electrons. The number of hydrogen-bond acceptors (Lipinski definition) is 2. The number of rotatable bonds is 4. The van der Waals surface area contributed by atoms with Crippen molar-refractivity contribution in [1.82, 2.24) is 5.32 Å². The minimum Gasteiger partial charge on any atom is -0.309 e. The first-order valence-corrected chi connectivity index (χ1v) is 9.18. The van der Waals surface area contributed by atoms with Gasteiger partial charge in [0.1, 0.15) is 0 Å². The summed E-state index contributed by atoms with van der Waals surface area (Å²) in [5.74, 6) is 1.90. The second-order valence-electron chi connectivity index (χ2n) is 7.65. The summed E-state index contributed by atoms with van der Waals surface area (Å²) in [5.41, 5.74) is 2.40. The Hall–Kier alpha value is -1.35. The molecule has 2 atom stereocenters. The van der Waals surface area contributed by atoms with E-state index < -0.39 is 0 Å². The van der Waals surface area contributed by atoms with E-state index in [4.69, 9.17) is 0 Å². The Bertz CT molecular complexity index is 563. The van der Waals surface area contributed by atoms with Gasteiger partial charge in [-0.05, 0) is 49.7 Å². The van der Waals surface area contributed by atoms with Crippen molar-refractivity contribution in [1.29, 1.82) is 0 Å². The van der Waals surface area contributed by atoms with Crippen LogP contribution in [-0.4, -0.2) is 18.0 Å². The van der Waals surface area contributed by atoms with Gasteiger partial charge in [0, 0.05) is 30.2 Å². The van der Waals surface area contributed by atoms with Crippen molar-refractivity contribution in [3.05, 3.63) is 29.8 Å². The third kappa shape index (κ3) is 3.16. The lowest BCUT2D eigenvalue weighted by molar-refractivity contribution is -0.118. The molecule has 1 saturated carbocycles. The van der Waals surface area contributed by atoms with Gasteiger partial charge in [0.05, 0.1) is 0 Å². The molecule has 23 heavy (non-hydrogen) atoms. The fraction of sp³-hybridized carbons (Fsp3) is 0.650. The van der Waals surface area contributed by atoms with Crippen LogP contribution in [-0.2, 0) is 4.79 Å². The molecule has 0 aromatic heterocycles. The van der Waals surface area contributed by atoms with Crippen LogP contribution in [0.2, 0.25) is 0 Å². The number of nitrogens with zero attached hydrogens (tertiary/aromatic N) is 1. The highest BCUT2D eigenvalue weighted by atomic mass is 16.2. The molecule has 2 unspecified atom stereocenters. The van der Waals surface area contributed by atoms with E-state index in [1.807, 2.05) is 17.9 Å². The summed E-state index contributed by atoms with van der Waals surface area (Å²) in [4.78, 5) is 14.4. The largest absolute Gasteiger partial charge is 0.309 e. The van der Waals surface area contributed by atoms with E-state index in [0.29, 0.717) is 18.5 Å². The number of anilines is 1. The Labute approximate surface area is 140 Å². The maximum Gasteiger partial charge on any atom is 0.226 e. The second-order valence-corrected chi connectivity index (χ2v) is 7.65.